The van der Waals surface area contributed by atoms with Gasteiger partial charge >= 0.3 is 0 Å². The number of sulfonamides is 1. The van der Waals surface area contributed by atoms with E-state index in [0.717, 1.165) is 4.31 Å². The quantitative estimate of drug-likeness (QED) is 0.339. The highest BCUT2D eigenvalue weighted by Gasteiger charge is 2.31. The molecule has 0 atom stereocenters. The summed E-state index contributed by atoms with van der Waals surface area (Å²) < 4.78 is 31.0. The van der Waals surface area contributed by atoms with Gasteiger partial charge in [-0.25, -0.2) is 8.42 Å². The second kappa shape index (κ2) is 6.02. The molecular formula is C10H18N4O4S. The zero-order valence-electron chi connectivity index (χ0n) is 11.1. The first kappa shape index (κ1) is 15.4. The molecule has 0 aliphatic heterocycles. The van der Waals surface area contributed by atoms with Crippen molar-refractivity contribution >= 4 is 15.9 Å². The molecule has 1 aromatic heterocycles. The highest BCUT2D eigenvalue weighted by molar-refractivity contribution is 7.89. The molecule has 0 aliphatic carbocycles. The van der Waals surface area contributed by atoms with Crippen LogP contribution >= 0.6 is 0 Å². The first-order chi connectivity index (χ1) is 8.84. The maximum atomic E-state index is 12.5. The molecule has 1 aromatic rings. The Labute approximate surface area is 111 Å². The number of hydrogen-bond acceptors (Lipinski definition) is 6. The van der Waals surface area contributed by atoms with Crippen LogP contribution in [0.2, 0.25) is 0 Å². The zero-order valence-corrected chi connectivity index (χ0v) is 11.9. The lowest BCUT2D eigenvalue weighted by Crippen LogP contribution is -2.39. The van der Waals surface area contributed by atoms with Gasteiger partial charge < -0.3 is 15.5 Å². The lowest BCUT2D eigenvalue weighted by Gasteiger charge is -2.20. The van der Waals surface area contributed by atoms with Gasteiger partial charge in [-0.2, -0.15) is 4.31 Å². The van der Waals surface area contributed by atoms with Gasteiger partial charge in [0.25, 0.3) is 0 Å². The second-order valence-electron chi connectivity index (χ2n) is 4.08. The van der Waals surface area contributed by atoms with E-state index in [2.05, 4.69) is 10.3 Å². The summed E-state index contributed by atoms with van der Waals surface area (Å²) in [5, 5.41) is 15.0. The molecule has 0 bridgehead atoms. The third kappa shape index (κ3) is 3.24. The molecule has 0 radical (unpaired) electrons. The molecule has 0 saturated carbocycles. The largest absolute Gasteiger partial charge is 0.409 e. The van der Waals surface area contributed by atoms with E-state index in [0.29, 0.717) is 6.42 Å². The van der Waals surface area contributed by atoms with E-state index in [-0.39, 0.29) is 35.3 Å². The van der Waals surface area contributed by atoms with Gasteiger partial charge in [0.2, 0.25) is 10.0 Å². The van der Waals surface area contributed by atoms with Crippen LogP contribution in [0.3, 0.4) is 0 Å². The molecule has 19 heavy (non-hydrogen) atoms. The van der Waals surface area contributed by atoms with Gasteiger partial charge in [-0.3, -0.25) is 0 Å². The number of aryl methyl sites for hydroxylation is 2. The zero-order chi connectivity index (χ0) is 14.6. The maximum Gasteiger partial charge on any atom is 0.248 e. The summed E-state index contributed by atoms with van der Waals surface area (Å²) in [5.74, 6) is 0.0434. The van der Waals surface area contributed by atoms with Gasteiger partial charge in [-0.15, -0.1) is 0 Å². The third-order valence-corrected chi connectivity index (χ3v) is 4.60. The molecule has 0 aliphatic rings. The van der Waals surface area contributed by atoms with Crippen LogP contribution in [0.4, 0.5) is 0 Å². The number of hydrogen-bond donors (Lipinski definition) is 2. The van der Waals surface area contributed by atoms with Crippen molar-refractivity contribution in [2.45, 2.75) is 32.1 Å². The molecular weight excluding hydrogens is 272 g/mol. The Morgan fingerprint density at radius 3 is 2.58 bits per heavy atom. The average molecular weight is 290 g/mol. The number of nitrogens with two attached hydrogens (primary N) is 1. The molecule has 0 amide bonds. The fourth-order valence-corrected chi connectivity index (χ4v) is 3.51. The van der Waals surface area contributed by atoms with E-state index >= 15 is 0 Å². The molecule has 9 heteroatoms. The Morgan fingerprint density at radius 1 is 1.53 bits per heavy atom. The molecule has 0 spiro atoms. The predicted octanol–water partition coefficient (Wildman–Crippen LogP) is 0.439. The van der Waals surface area contributed by atoms with Crippen LogP contribution in [0, 0.1) is 13.8 Å². The van der Waals surface area contributed by atoms with Crippen molar-refractivity contribution in [3.63, 3.8) is 0 Å². The summed E-state index contributed by atoms with van der Waals surface area (Å²) in [7, 11) is -3.78. The van der Waals surface area contributed by atoms with Crippen LogP contribution in [-0.4, -0.2) is 42.0 Å². The first-order valence-corrected chi connectivity index (χ1v) is 7.18. The highest BCUT2D eigenvalue weighted by Crippen LogP contribution is 2.23. The SMILES string of the molecule is CCCN(CC(N)=NO)S(=O)(=O)c1c(C)noc1C. The van der Waals surface area contributed by atoms with Gasteiger partial charge in [0.1, 0.15) is 10.6 Å². The Balaban J connectivity index is 3.20. The monoisotopic (exact) mass is 290 g/mol. The third-order valence-electron chi connectivity index (χ3n) is 2.51. The van der Waals surface area contributed by atoms with Gasteiger partial charge in [-0.1, -0.05) is 17.2 Å². The second-order valence-corrected chi connectivity index (χ2v) is 5.96. The highest BCUT2D eigenvalue weighted by atomic mass is 32.2. The molecule has 3 N–H and O–H groups in total. The van der Waals surface area contributed by atoms with Crippen LogP contribution in [0.15, 0.2) is 14.6 Å². The van der Waals surface area contributed by atoms with Crippen molar-refractivity contribution in [2.75, 3.05) is 13.1 Å². The number of oxime groups is 1. The van der Waals surface area contributed by atoms with E-state index in [1.807, 2.05) is 6.92 Å². The Kier molecular flexibility index (Phi) is 4.90. The normalized spacial score (nSPS) is 13.2. The summed E-state index contributed by atoms with van der Waals surface area (Å²) in [6.07, 6.45) is 0.599. The molecule has 8 nitrogen and oxygen atoms in total. The molecule has 0 aromatic carbocycles. The van der Waals surface area contributed by atoms with Gasteiger partial charge in [0.05, 0.1) is 6.54 Å². The summed E-state index contributed by atoms with van der Waals surface area (Å²) in [4.78, 5) is 0.0340. The van der Waals surface area contributed by atoms with E-state index in [1.165, 1.54) is 6.92 Å². The number of amidine groups is 1. The lowest BCUT2D eigenvalue weighted by atomic mass is 10.4. The van der Waals surface area contributed by atoms with Crippen LogP contribution in [0.1, 0.15) is 24.8 Å². The number of rotatable bonds is 6. The van der Waals surface area contributed by atoms with Crippen molar-refractivity contribution in [1.29, 1.82) is 0 Å². The number of aromatic nitrogens is 1. The Bertz CT molecular complexity index is 545. The van der Waals surface area contributed by atoms with E-state index in [1.54, 1.807) is 6.92 Å². The van der Waals surface area contributed by atoms with Crippen molar-refractivity contribution in [3.8, 4) is 0 Å². The minimum Gasteiger partial charge on any atom is -0.409 e. The molecule has 0 unspecified atom stereocenters. The van der Waals surface area contributed by atoms with Crippen molar-refractivity contribution < 1.29 is 18.1 Å². The van der Waals surface area contributed by atoms with Crippen molar-refractivity contribution in [3.05, 3.63) is 11.5 Å². The standard InChI is InChI=1S/C10H18N4O4S/c1-4-5-14(6-9(11)12-15)19(16,17)10-7(2)13-18-8(10)3/h15H,4-6H2,1-3H3,(H2,11,12). The van der Waals surface area contributed by atoms with Crippen LogP contribution < -0.4 is 5.73 Å². The van der Waals surface area contributed by atoms with Crippen LogP contribution in [0.5, 0.6) is 0 Å². The first-order valence-electron chi connectivity index (χ1n) is 5.74. The minimum atomic E-state index is -3.78. The Hall–Kier alpha value is -1.61. The molecule has 0 saturated heterocycles. The van der Waals surface area contributed by atoms with Crippen molar-refractivity contribution in [1.82, 2.24) is 9.46 Å². The van der Waals surface area contributed by atoms with E-state index in [4.69, 9.17) is 15.5 Å². The minimum absolute atomic E-state index is 0.0340. The smallest absolute Gasteiger partial charge is 0.248 e. The van der Waals surface area contributed by atoms with Crippen LogP contribution in [-0.2, 0) is 10.0 Å². The summed E-state index contributed by atoms with van der Waals surface area (Å²) in [5.41, 5.74) is 5.68. The van der Waals surface area contributed by atoms with Crippen molar-refractivity contribution in [2.24, 2.45) is 10.9 Å². The lowest BCUT2D eigenvalue weighted by molar-refractivity contribution is 0.314. The average Bonchev–Trinajstić information content (AvgIpc) is 2.68. The van der Waals surface area contributed by atoms with Crippen LogP contribution in [0.25, 0.3) is 0 Å². The fraction of sp³-hybridized carbons (Fsp3) is 0.600. The Morgan fingerprint density at radius 2 is 2.16 bits per heavy atom. The topological polar surface area (TPSA) is 122 Å². The van der Waals surface area contributed by atoms with E-state index < -0.39 is 10.0 Å². The maximum absolute atomic E-state index is 12.5. The molecule has 1 rings (SSSR count). The summed E-state index contributed by atoms with van der Waals surface area (Å²) >= 11 is 0. The summed E-state index contributed by atoms with van der Waals surface area (Å²) in [6, 6.07) is 0. The summed E-state index contributed by atoms with van der Waals surface area (Å²) in [6.45, 7) is 4.99. The molecule has 1 heterocycles. The van der Waals surface area contributed by atoms with Gasteiger partial charge in [0, 0.05) is 6.54 Å². The van der Waals surface area contributed by atoms with E-state index in [9.17, 15) is 8.42 Å². The number of nitrogens with zero attached hydrogens (tertiary/aromatic N) is 3. The predicted molar refractivity (Wildman–Crippen MR) is 68.4 cm³/mol. The van der Waals surface area contributed by atoms with Gasteiger partial charge in [0.15, 0.2) is 11.6 Å². The fourth-order valence-electron chi connectivity index (χ4n) is 1.72. The molecule has 0 fully saturated rings. The van der Waals surface area contributed by atoms with Gasteiger partial charge in [-0.05, 0) is 20.3 Å². The molecule has 108 valence electrons.